The number of allylic oxidation sites excluding steroid dienone is 2. The number of hydrogen-bond acceptors (Lipinski definition) is 6. The van der Waals surface area contributed by atoms with Crippen LogP contribution in [0.3, 0.4) is 0 Å². The third-order valence-corrected chi connectivity index (χ3v) is 9.10. The molecule has 0 amide bonds. The Labute approximate surface area is 180 Å². The molecule has 4 aliphatic rings. The van der Waals surface area contributed by atoms with Crippen LogP contribution in [0.5, 0.6) is 0 Å². The van der Waals surface area contributed by atoms with E-state index >= 15 is 0 Å². The molecular weight excluding hydrogens is 380 g/mol. The van der Waals surface area contributed by atoms with Crippen LogP contribution < -0.4 is 10.8 Å². The fourth-order valence-electron chi connectivity index (χ4n) is 7.30. The van der Waals surface area contributed by atoms with E-state index in [1.54, 1.807) is 0 Å². The number of rotatable bonds is 7. The van der Waals surface area contributed by atoms with E-state index in [-0.39, 0.29) is 46.9 Å². The molecule has 0 aromatic carbocycles. The zero-order valence-corrected chi connectivity index (χ0v) is 18.7. The number of fused-ring (bicyclic) bond motifs is 5. The molecule has 0 radical (unpaired) electrons. The van der Waals surface area contributed by atoms with Crippen molar-refractivity contribution in [1.82, 2.24) is 10.8 Å². The van der Waals surface area contributed by atoms with Crippen molar-refractivity contribution >= 4 is 11.6 Å². The molecule has 3 fully saturated rings. The summed E-state index contributed by atoms with van der Waals surface area (Å²) in [6.07, 6.45) is 8.28. The Morgan fingerprint density at radius 2 is 1.97 bits per heavy atom. The maximum atomic E-state index is 13.7. The minimum absolute atomic E-state index is 0.0176. The summed E-state index contributed by atoms with van der Waals surface area (Å²) in [6, 6.07) is 0. The lowest BCUT2D eigenvalue weighted by molar-refractivity contribution is -0.162. The molecule has 0 bridgehead atoms. The molecule has 6 nitrogen and oxygen atoms in total. The van der Waals surface area contributed by atoms with Crippen LogP contribution in [0.25, 0.3) is 0 Å². The van der Waals surface area contributed by atoms with Crippen molar-refractivity contribution in [3.05, 3.63) is 11.8 Å². The third kappa shape index (κ3) is 3.35. The monoisotopic (exact) mass is 418 g/mol. The van der Waals surface area contributed by atoms with E-state index in [9.17, 15) is 14.7 Å². The van der Waals surface area contributed by atoms with E-state index in [0.29, 0.717) is 24.7 Å². The quantitative estimate of drug-likeness (QED) is 0.435. The molecule has 6 heteroatoms. The molecule has 0 heterocycles. The lowest BCUT2D eigenvalue weighted by Crippen LogP contribution is -2.60. The van der Waals surface area contributed by atoms with Gasteiger partial charge in [0, 0.05) is 29.4 Å². The zero-order valence-electron chi connectivity index (χ0n) is 18.7. The average molecular weight is 419 g/mol. The van der Waals surface area contributed by atoms with Crippen molar-refractivity contribution in [3.8, 4) is 0 Å². The predicted octanol–water partition coefficient (Wildman–Crippen LogP) is 2.62. The Morgan fingerprint density at radius 1 is 1.17 bits per heavy atom. The van der Waals surface area contributed by atoms with Gasteiger partial charge in [0.05, 0.1) is 13.2 Å². The molecule has 3 saturated carbocycles. The van der Waals surface area contributed by atoms with Crippen LogP contribution >= 0.6 is 0 Å². The smallest absolute Gasteiger partial charge is 0.142 e. The number of nitrogens with one attached hydrogen (secondary N) is 2. The van der Waals surface area contributed by atoms with Gasteiger partial charge in [-0.25, -0.2) is 0 Å². The lowest BCUT2D eigenvalue weighted by atomic mass is 9.43. The molecule has 0 aliphatic heterocycles. The molecule has 0 aromatic rings. The van der Waals surface area contributed by atoms with E-state index in [2.05, 4.69) is 30.7 Å². The standard InChI is InChI=1S/C24H38N2O4/c1-23-9-7-15(26-30-12-4-11-25-3)13-19(23)16(14-27)22(29)21-17-5-6-20(28)24(17,2)10-8-18(21)23/h13,16-19,21,25-27H,4-12,14H2,1-3H3/t16-,17+,18+,19?,21+,23-,24+/m1/s1. The van der Waals surface area contributed by atoms with Crippen LogP contribution in [0.1, 0.15) is 58.8 Å². The second-order valence-electron chi connectivity index (χ2n) is 10.5. The van der Waals surface area contributed by atoms with Crippen LogP contribution in [0, 0.1) is 40.4 Å². The number of hydrogen-bond donors (Lipinski definition) is 3. The highest BCUT2D eigenvalue weighted by Gasteiger charge is 2.64. The normalized spacial score (nSPS) is 42.9. The first-order valence-corrected chi connectivity index (χ1v) is 11.8. The average Bonchev–Trinajstić information content (AvgIpc) is 3.04. The molecule has 168 valence electrons. The van der Waals surface area contributed by atoms with Gasteiger partial charge in [-0.2, -0.15) is 0 Å². The summed E-state index contributed by atoms with van der Waals surface area (Å²) in [5, 5.41) is 13.4. The van der Waals surface area contributed by atoms with E-state index in [4.69, 9.17) is 4.84 Å². The number of Topliss-reactive ketones (excluding diaryl/α,β-unsaturated/α-hetero) is 2. The van der Waals surface area contributed by atoms with Gasteiger partial charge in [-0.1, -0.05) is 19.9 Å². The van der Waals surface area contributed by atoms with Crippen LogP contribution in [-0.2, 0) is 14.4 Å². The first-order chi connectivity index (χ1) is 14.4. The highest BCUT2D eigenvalue weighted by atomic mass is 16.6. The predicted molar refractivity (Wildman–Crippen MR) is 114 cm³/mol. The van der Waals surface area contributed by atoms with Crippen LogP contribution in [0.2, 0.25) is 0 Å². The fourth-order valence-corrected chi connectivity index (χ4v) is 7.30. The largest absolute Gasteiger partial charge is 0.396 e. The number of carbonyl (C=O) groups excluding carboxylic acids is 2. The van der Waals surface area contributed by atoms with Crippen molar-refractivity contribution in [1.29, 1.82) is 0 Å². The van der Waals surface area contributed by atoms with Gasteiger partial charge in [0.2, 0.25) is 0 Å². The summed E-state index contributed by atoms with van der Waals surface area (Å²) < 4.78 is 0. The topological polar surface area (TPSA) is 87.7 Å². The highest BCUT2D eigenvalue weighted by Crippen LogP contribution is 2.65. The van der Waals surface area contributed by atoms with Gasteiger partial charge in [0.1, 0.15) is 11.6 Å². The molecule has 0 saturated heterocycles. The number of ketones is 2. The summed E-state index contributed by atoms with van der Waals surface area (Å²) >= 11 is 0. The fraction of sp³-hybridized carbons (Fsp3) is 0.833. The Bertz CT molecular complexity index is 722. The third-order valence-electron chi connectivity index (χ3n) is 9.10. The van der Waals surface area contributed by atoms with Crippen LogP contribution in [0.4, 0.5) is 0 Å². The molecule has 3 N–H and O–H groups in total. The van der Waals surface area contributed by atoms with E-state index in [1.165, 1.54) is 0 Å². The van der Waals surface area contributed by atoms with Gasteiger partial charge in [0.25, 0.3) is 0 Å². The highest BCUT2D eigenvalue weighted by molar-refractivity contribution is 5.91. The summed E-state index contributed by atoms with van der Waals surface area (Å²) in [7, 11) is 1.93. The zero-order chi connectivity index (χ0) is 21.5. The molecule has 4 aliphatic carbocycles. The number of hydroxylamine groups is 1. The van der Waals surface area contributed by atoms with E-state index in [0.717, 1.165) is 50.8 Å². The Kier molecular flexibility index (Phi) is 6.12. The minimum atomic E-state index is -0.379. The van der Waals surface area contributed by atoms with Crippen molar-refractivity contribution in [2.24, 2.45) is 40.4 Å². The Hall–Kier alpha value is -1.24. The summed E-state index contributed by atoms with van der Waals surface area (Å²) in [4.78, 5) is 31.9. The molecule has 7 atom stereocenters. The lowest BCUT2D eigenvalue weighted by Gasteiger charge is -2.59. The number of aliphatic hydroxyl groups is 1. The number of aliphatic hydroxyl groups excluding tert-OH is 1. The van der Waals surface area contributed by atoms with Crippen LogP contribution in [0.15, 0.2) is 11.8 Å². The summed E-state index contributed by atoms with van der Waals surface area (Å²) in [5.41, 5.74) is 3.79. The Morgan fingerprint density at radius 3 is 2.70 bits per heavy atom. The maximum absolute atomic E-state index is 13.7. The molecular formula is C24H38N2O4. The second kappa shape index (κ2) is 8.36. The van der Waals surface area contributed by atoms with Crippen LogP contribution in [-0.4, -0.2) is 43.5 Å². The SMILES string of the molecule is CNCCCONC1=CC2[C@@H](CO)C(=O)[C@@H]3[C@H](CC[C@]4(C)C(=O)CC[C@@H]34)[C@@]2(C)CC1. The van der Waals surface area contributed by atoms with Gasteiger partial charge in [-0.15, -0.1) is 0 Å². The van der Waals surface area contributed by atoms with Crippen molar-refractivity contribution in [2.75, 3.05) is 26.8 Å². The van der Waals surface area contributed by atoms with Gasteiger partial charge in [-0.3, -0.25) is 19.9 Å². The van der Waals surface area contributed by atoms with Gasteiger partial charge >= 0.3 is 0 Å². The van der Waals surface area contributed by atoms with Crippen molar-refractivity contribution < 1.29 is 19.5 Å². The van der Waals surface area contributed by atoms with E-state index in [1.807, 2.05) is 7.05 Å². The first kappa shape index (κ1) is 22.0. The van der Waals surface area contributed by atoms with E-state index < -0.39 is 0 Å². The maximum Gasteiger partial charge on any atom is 0.142 e. The molecule has 0 aromatic heterocycles. The first-order valence-electron chi connectivity index (χ1n) is 11.8. The minimum Gasteiger partial charge on any atom is -0.396 e. The van der Waals surface area contributed by atoms with Gasteiger partial charge in [0.15, 0.2) is 0 Å². The molecule has 4 rings (SSSR count). The molecule has 30 heavy (non-hydrogen) atoms. The summed E-state index contributed by atoms with van der Waals surface area (Å²) in [6.45, 7) is 5.83. The van der Waals surface area contributed by atoms with Crippen molar-refractivity contribution in [2.45, 2.75) is 58.8 Å². The second-order valence-corrected chi connectivity index (χ2v) is 10.5. The van der Waals surface area contributed by atoms with Crippen molar-refractivity contribution in [3.63, 3.8) is 0 Å². The molecule has 0 spiro atoms. The summed E-state index contributed by atoms with van der Waals surface area (Å²) in [5.74, 6) is 0.568. The Balaban J connectivity index is 1.57. The number of carbonyl (C=O) groups is 2. The van der Waals surface area contributed by atoms with Gasteiger partial charge in [-0.05, 0) is 75.3 Å². The van der Waals surface area contributed by atoms with Gasteiger partial charge < -0.3 is 10.4 Å². The molecule has 1 unspecified atom stereocenters.